The highest BCUT2D eigenvalue weighted by molar-refractivity contribution is 5.65. The molecule has 3 heterocycles. The van der Waals surface area contributed by atoms with E-state index < -0.39 is 0 Å². The first-order valence-corrected chi connectivity index (χ1v) is 9.56. The minimum atomic E-state index is 0.281. The van der Waals surface area contributed by atoms with E-state index in [0.29, 0.717) is 5.92 Å². The number of benzene rings is 1. The summed E-state index contributed by atoms with van der Waals surface area (Å²) in [5.74, 6) is 1.81. The largest absolute Gasteiger partial charge is 0.508 e. The Balaban J connectivity index is 1.51. The number of aromatic hydroxyl groups is 1. The van der Waals surface area contributed by atoms with Gasteiger partial charge in [-0.3, -0.25) is 9.88 Å². The van der Waals surface area contributed by atoms with Crippen molar-refractivity contribution in [3.05, 3.63) is 71.4 Å². The molecule has 27 heavy (non-hydrogen) atoms. The molecule has 0 spiro atoms. The first-order chi connectivity index (χ1) is 13.3. The number of aromatic nitrogens is 3. The predicted octanol–water partition coefficient (Wildman–Crippen LogP) is 3.68. The molecule has 1 N–H and O–H groups in total. The van der Waals surface area contributed by atoms with Gasteiger partial charge in [0, 0.05) is 55.5 Å². The second-order valence-electron chi connectivity index (χ2n) is 7.49. The number of hydrogen-bond acceptors (Lipinski definition) is 5. The Morgan fingerprint density at radius 1 is 1.00 bits per heavy atom. The summed E-state index contributed by atoms with van der Waals surface area (Å²) in [5.41, 5.74) is 5.78. The summed E-state index contributed by atoms with van der Waals surface area (Å²) in [4.78, 5) is 16.4. The Morgan fingerprint density at radius 3 is 2.52 bits per heavy atom. The lowest BCUT2D eigenvalue weighted by Crippen LogP contribution is -2.31. The maximum absolute atomic E-state index is 9.65. The van der Waals surface area contributed by atoms with Crippen LogP contribution in [-0.4, -0.2) is 31.5 Å². The molecule has 1 aliphatic carbocycles. The highest BCUT2D eigenvalue weighted by Crippen LogP contribution is 2.40. The van der Waals surface area contributed by atoms with E-state index in [1.54, 1.807) is 12.1 Å². The van der Waals surface area contributed by atoms with Crippen molar-refractivity contribution in [3.8, 4) is 17.0 Å². The van der Waals surface area contributed by atoms with Gasteiger partial charge in [-0.1, -0.05) is 0 Å². The molecule has 3 aromatic rings. The van der Waals surface area contributed by atoms with Crippen molar-refractivity contribution in [1.82, 2.24) is 19.9 Å². The average Bonchev–Trinajstić information content (AvgIpc) is 3.54. The molecular formula is C22H22N4O. The van der Waals surface area contributed by atoms with Gasteiger partial charge in [0.05, 0.1) is 11.4 Å². The van der Waals surface area contributed by atoms with Gasteiger partial charge in [-0.05, 0) is 54.8 Å². The molecule has 2 aromatic heterocycles. The van der Waals surface area contributed by atoms with Crippen molar-refractivity contribution in [3.63, 3.8) is 0 Å². The minimum absolute atomic E-state index is 0.281. The van der Waals surface area contributed by atoms with Gasteiger partial charge >= 0.3 is 0 Å². The summed E-state index contributed by atoms with van der Waals surface area (Å²) >= 11 is 0. The molecule has 0 radical (unpaired) electrons. The fraction of sp³-hybridized carbons (Fsp3) is 0.318. The molecule has 0 amide bonds. The van der Waals surface area contributed by atoms with Gasteiger partial charge in [0.2, 0.25) is 0 Å². The molecule has 2 aliphatic rings. The van der Waals surface area contributed by atoms with Crippen LogP contribution < -0.4 is 0 Å². The fourth-order valence-electron chi connectivity index (χ4n) is 3.75. The summed E-state index contributed by atoms with van der Waals surface area (Å²) in [5, 5.41) is 9.65. The van der Waals surface area contributed by atoms with Crippen LogP contribution >= 0.6 is 0 Å². The number of fused-ring (bicyclic) bond motifs is 1. The zero-order valence-corrected chi connectivity index (χ0v) is 15.2. The van der Waals surface area contributed by atoms with E-state index in [4.69, 9.17) is 9.97 Å². The van der Waals surface area contributed by atoms with Crippen molar-refractivity contribution in [1.29, 1.82) is 0 Å². The molecule has 0 saturated heterocycles. The average molecular weight is 358 g/mol. The molecule has 0 bridgehead atoms. The van der Waals surface area contributed by atoms with Crippen molar-refractivity contribution >= 4 is 0 Å². The van der Waals surface area contributed by atoms with Crippen LogP contribution in [0.3, 0.4) is 0 Å². The third kappa shape index (κ3) is 3.43. The Bertz CT molecular complexity index is 952. The number of phenols is 1. The van der Waals surface area contributed by atoms with Gasteiger partial charge in [0.15, 0.2) is 0 Å². The molecule has 1 fully saturated rings. The lowest BCUT2D eigenvalue weighted by molar-refractivity contribution is 0.243. The van der Waals surface area contributed by atoms with Crippen molar-refractivity contribution in [2.45, 2.75) is 38.3 Å². The fourth-order valence-corrected chi connectivity index (χ4v) is 3.75. The van der Waals surface area contributed by atoms with Gasteiger partial charge in [-0.25, -0.2) is 9.97 Å². The highest BCUT2D eigenvalue weighted by Gasteiger charge is 2.30. The number of rotatable bonds is 4. The van der Waals surface area contributed by atoms with E-state index in [1.807, 2.05) is 24.5 Å². The third-order valence-electron chi connectivity index (χ3n) is 5.40. The monoisotopic (exact) mass is 358 g/mol. The number of pyridine rings is 1. The van der Waals surface area contributed by atoms with Crippen LogP contribution in [0, 0.1) is 0 Å². The lowest BCUT2D eigenvalue weighted by atomic mass is 9.98. The maximum atomic E-state index is 9.65. The van der Waals surface area contributed by atoms with Crippen LogP contribution in [0.25, 0.3) is 11.3 Å². The van der Waals surface area contributed by atoms with E-state index in [0.717, 1.165) is 43.1 Å². The van der Waals surface area contributed by atoms with E-state index >= 15 is 0 Å². The second-order valence-corrected chi connectivity index (χ2v) is 7.49. The maximum Gasteiger partial charge on any atom is 0.132 e. The van der Waals surface area contributed by atoms with Crippen LogP contribution in [0.15, 0.2) is 48.8 Å². The molecule has 5 nitrogen and oxygen atoms in total. The molecule has 1 aromatic carbocycles. The molecule has 0 atom stereocenters. The Morgan fingerprint density at radius 2 is 1.78 bits per heavy atom. The van der Waals surface area contributed by atoms with Crippen molar-refractivity contribution in [2.75, 3.05) is 6.54 Å². The van der Waals surface area contributed by atoms with Gasteiger partial charge in [0.1, 0.15) is 11.6 Å². The van der Waals surface area contributed by atoms with Gasteiger partial charge < -0.3 is 5.11 Å². The first kappa shape index (κ1) is 16.4. The second kappa shape index (κ2) is 6.74. The van der Waals surface area contributed by atoms with Crippen LogP contribution in [0.1, 0.15) is 41.4 Å². The zero-order valence-electron chi connectivity index (χ0n) is 15.2. The molecule has 136 valence electrons. The van der Waals surface area contributed by atoms with E-state index in [1.165, 1.54) is 29.7 Å². The zero-order chi connectivity index (χ0) is 18.2. The van der Waals surface area contributed by atoms with Gasteiger partial charge in [-0.2, -0.15) is 0 Å². The van der Waals surface area contributed by atoms with E-state index in [9.17, 15) is 5.11 Å². The smallest absolute Gasteiger partial charge is 0.132 e. The highest BCUT2D eigenvalue weighted by atomic mass is 16.3. The number of phenolic OH excluding ortho intramolecular Hbond substituents is 1. The normalized spacial score (nSPS) is 16.9. The molecule has 1 saturated carbocycles. The molecule has 0 unspecified atom stereocenters. The molecule has 5 rings (SSSR count). The van der Waals surface area contributed by atoms with Crippen LogP contribution in [0.4, 0.5) is 0 Å². The molecule has 5 heteroatoms. The first-order valence-electron chi connectivity index (χ1n) is 9.56. The Kier molecular flexibility index (Phi) is 4.09. The Labute approximate surface area is 158 Å². The minimum Gasteiger partial charge on any atom is -0.508 e. The third-order valence-corrected chi connectivity index (χ3v) is 5.40. The van der Waals surface area contributed by atoms with Crippen LogP contribution in [0.5, 0.6) is 5.75 Å². The summed E-state index contributed by atoms with van der Waals surface area (Å²) < 4.78 is 0. The number of hydrogen-bond donors (Lipinski definition) is 1. The Hall–Kier alpha value is -2.79. The number of nitrogens with zero attached hydrogens (tertiary/aromatic N) is 4. The SMILES string of the molecule is Oc1ccc(-c2nc(C3CC3)nc3c2CN(Cc2ccncc2)CC3)cc1. The van der Waals surface area contributed by atoms with Gasteiger partial charge in [-0.15, -0.1) is 0 Å². The van der Waals surface area contributed by atoms with Crippen molar-refractivity contribution in [2.24, 2.45) is 0 Å². The summed E-state index contributed by atoms with van der Waals surface area (Å²) in [6.07, 6.45) is 7.04. The molecular weight excluding hydrogens is 336 g/mol. The van der Waals surface area contributed by atoms with Gasteiger partial charge in [0.25, 0.3) is 0 Å². The topological polar surface area (TPSA) is 62.1 Å². The molecule has 1 aliphatic heterocycles. The summed E-state index contributed by atoms with van der Waals surface area (Å²) in [6, 6.07) is 11.5. The quantitative estimate of drug-likeness (QED) is 0.771. The van der Waals surface area contributed by atoms with Crippen LogP contribution in [0.2, 0.25) is 0 Å². The van der Waals surface area contributed by atoms with E-state index in [-0.39, 0.29) is 5.75 Å². The standard InChI is InChI=1S/C22H22N4O/c27-18-5-3-16(4-6-18)21-19-14-26(13-15-7-10-23-11-8-15)12-9-20(19)24-22(25-21)17-1-2-17/h3-8,10-11,17,27H,1-2,9,12-14H2. The predicted molar refractivity (Wildman–Crippen MR) is 103 cm³/mol. The lowest BCUT2D eigenvalue weighted by Gasteiger charge is -2.29. The van der Waals surface area contributed by atoms with E-state index in [2.05, 4.69) is 22.0 Å². The summed E-state index contributed by atoms with van der Waals surface area (Å²) in [7, 11) is 0. The van der Waals surface area contributed by atoms with Crippen LogP contribution in [-0.2, 0) is 19.5 Å². The van der Waals surface area contributed by atoms with Crippen molar-refractivity contribution < 1.29 is 5.11 Å². The summed E-state index contributed by atoms with van der Waals surface area (Å²) in [6.45, 7) is 2.76.